The van der Waals surface area contributed by atoms with Gasteiger partial charge in [0.05, 0.1) is 6.54 Å². The Kier molecular flexibility index (Phi) is 8.60. The molecule has 25 heavy (non-hydrogen) atoms. The van der Waals surface area contributed by atoms with Crippen LogP contribution in [0.15, 0.2) is 35.3 Å². The van der Waals surface area contributed by atoms with Crippen molar-refractivity contribution in [2.75, 3.05) is 32.8 Å². The molecule has 5 heteroatoms. The highest BCUT2D eigenvalue weighted by atomic mass is 16.5. The van der Waals surface area contributed by atoms with Crippen LogP contribution < -0.4 is 15.4 Å². The zero-order valence-electron chi connectivity index (χ0n) is 15.5. The minimum Gasteiger partial charge on any atom is -0.492 e. The van der Waals surface area contributed by atoms with E-state index in [4.69, 9.17) is 9.73 Å². The van der Waals surface area contributed by atoms with Crippen LogP contribution in [0, 0.1) is 5.41 Å². The molecule has 1 aliphatic rings. The fourth-order valence-electron chi connectivity index (χ4n) is 3.47. The van der Waals surface area contributed by atoms with Crippen molar-refractivity contribution in [2.45, 2.75) is 45.4 Å². The van der Waals surface area contributed by atoms with Crippen molar-refractivity contribution >= 4 is 5.96 Å². The third-order valence-electron chi connectivity index (χ3n) is 4.88. The molecule has 0 spiro atoms. The third-order valence-corrected chi connectivity index (χ3v) is 4.88. The molecule has 1 aromatic rings. The average Bonchev–Trinajstić information content (AvgIpc) is 2.65. The first-order chi connectivity index (χ1) is 12.3. The minimum atomic E-state index is 0.176. The van der Waals surface area contributed by atoms with E-state index in [1.54, 1.807) is 0 Å². The summed E-state index contributed by atoms with van der Waals surface area (Å²) in [6.07, 6.45) is 7.02. The zero-order chi connectivity index (χ0) is 17.8. The quantitative estimate of drug-likeness (QED) is 0.365. The van der Waals surface area contributed by atoms with Gasteiger partial charge in [-0.15, -0.1) is 0 Å². The lowest BCUT2D eigenvalue weighted by molar-refractivity contribution is 0.137. The molecule has 1 aromatic carbocycles. The number of nitrogens with zero attached hydrogens (tertiary/aromatic N) is 1. The van der Waals surface area contributed by atoms with Gasteiger partial charge in [0.1, 0.15) is 12.4 Å². The van der Waals surface area contributed by atoms with Crippen molar-refractivity contribution < 1.29 is 9.84 Å². The van der Waals surface area contributed by atoms with Crippen molar-refractivity contribution in [3.63, 3.8) is 0 Å². The van der Waals surface area contributed by atoms with E-state index in [1.165, 1.54) is 32.1 Å². The molecule has 1 fully saturated rings. The molecule has 3 N–H and O–H groups in total. The van der Waals surface area contributed by atoms with Crippen LogP contribution >= 0.6 is 0 Å². The molecule has 1 aliphatic carbocycles. The second-order valence-electron chi connectivity index (χ2n) is 6.82. The molecular formula is C20H33N3O2. The van der Waals surface area contributed by atoms with Crippen molar-refractivity contribution in [1.29, 1.82) is 0 Å². The zero-order valence-corrected chi connectivity index (χ0v) is 15.5. The summed E-state index contributed by atoms with van der Waals surface area (Å²) in [5.74, 6) is 1.72. The molecule has 0 aromatic heterocycles. The largest absolute Gasteiger partial charge is 0.492 e. The van der Waals surface area contributed by atoms with Gasteiger partial charge in [0.2, 0.25) is 0 Å². The van der Waals surface area contributed by atoms with Crippen LogP contribution in [0.5, 0.6) is 5.75 Å². The highest BCUT2D eigenvalue weighted by Gasteiger charge is 2.31. The molecule has 0 atom stereocenters. The molecule has 2 rings (SSSR count). The summed E-state index contributed by atoms with van der Waals surface area (Å²) < 4.78 is 5.71. The number of aliphatic hydroxyl groups excluding tert-OH is 1. The summed E-state index contributed by atoms with van der Waals surface area (Å²) in [5, 5.41) is 16.1. The van der Waals surface area contributed by atoms with E-state index >= 15 is 0 Å². The van der Waals surface area contributed by atoms with Gasteiger partial charge in [0.15, 0.2) is 5.96 Å². The number of guanidine groups is 1. The molecule has 140 valence electrons. The Labute approximate surface area is 151 Å². The highest BCUT2D eigenvalue weighted by molar-refractivity contribution is 5.79. The van der Waals surface area contributed by atoms with Crippen LogP contribution in [0.25, 0.3) is 0 Å². The van der Waals surface area contributed by atoms with Crippen LogP contribution in [0.3, 0.4) is 0 Å². The van der Waals surface area contributed by atoms with Crippen LogP contribution in [0.4, 0.5) is 0 Å². The maximum absolute atomic E-state index is 9.44. The topological polar surface area (TPSA) is 65.9 Å². The summed E-state index contributed by atoms with van der Waals surface area (Å²) in [6.45, 7) is 5.23. The molecular weight excluding hydrogens is 314 g/mol. The first-order valence-electron chi connectivity index (χ1n) is 9.59. The Morgan fingerprint density at radius 3 is 2.60 bits per heavy atom. The molecule has 0 amide bonds. The molecule has 0 aliphatic heterocycles. The Balaban J connectivity index is 1.82. The normalized spacial score (nSPS) is 17.1. The van der Waals surface area contributed by atoms with Crippen LogP contribution in [0.1, 0.15) is 45.4 Å². The van der Waals surface area contributed by atoms with Gasteiger partial charge in [0, 0.05) is 19.7 Å². The standard InChI is InChI=1S/C20H33N3O2/c1-2-21-19(22-14-16-25-18-9-5-3-6-10-18)23-17-20(13-15-24)11-7-4-8-12-20/h3,5-6,9-10,24H,2,4,7-8,11-17H2,1H3,(H2,21,22,23). The summed E-state index contributed by atoms with van der Waals surface area (Å²) in [6, 6.07) is 9.84. The highest BCUT2D eigenvalue weighted by Crippen LogP contribution is 2.39. The number of aliphatic hydroxyl groups is 1. The van der Waals surface area contributed by atoms with Gasteiger partial charge in [-0.25, -0.2) is 0 Å². The Morgan fingerprint density at radius 1 is 1.16 bits per heavy atom. The van der Waals surface area contributed by atoms with Gasteiger partial charge in [0.25, 0.3) is 0 Å². The maximum Gasteiger partial charge on any atom is 0.191 e. The molecule has 1 saturated carbocycles. The monoisotopic (exact) mass is 347 g/mol. The second-order valence-corrected chi connectivity index (χ2v) is 6.82. The number of ether oxygens (including phenoxy) is 1. The summed E-state index contributed by atoms with van der Waals surface area (Å²) in [7, 11) is 0. The van der Waals surface area contributed by atoms with Crippen molar-refractivity contribution in [3.05, 3.63) is 30.3 Å². The van der Waals surface area contributed by atoms with Gasteiger partial charge in [-0.05, 0) is 43.7 Å². The lowest BCUT2D eigenvalue weighted by atomic mass is 9.72. The first kappa shape index (κ1) is 19.6. The lowest BCUT2D eigenvalue weighted by Gasteiger charge is -2.35. The van der Waals surface area contributed by atoms with Crippen LogP contribution in [-0.2, 0) is 0 Å². The molecule has 0 unspecified atom stereocenters. The molecule has 5 nitrogen and oxygen atoms in total. The van der Waals surface area contributed by atoms with Gasteiger partial charge in [-0.2, -0.15) is 0 Å². The van der Waals surface area contributed by atoms with Gasteiger partial charge in [-0.1, -0.05) is 37.5 Å². The van der Waals surface area contributed by atoms with E-state index in [0.717, 1.165) is 31.2 Å². The number of nitrogens with one attached hydrogen (secondary N) is 2. The number of hydrogen-bond donors (Lipinski definition) is 3. The van der Waals surface area contributed by atoms with Crippen molar-refractivity contribution in [1.82, 2.24) is 10.6 Å². The lowest BCUT2D eigenvalue weighted by Crippen LogP contribution is -2.40. The molecule has 0 radical (unpaired) electrons. The molecule has 0 saturated heterocycles. The van der Waals surface area contributed by atoms with Crippen molar-refractivity contribution in [3.8, 4) is 5.75 Å². The van der Waals surface area contributed by atoms with Crippen molar-refractivity contribution in [2.24, 2.45) is 10.4 Å². The summed E-state index contributed by atoms with van der Waals surface area (Å²) >= 11 is 0. The minimum absolute atomic E-state index is 0.176. The number of hydrogen-bond acceptors (Lipinski definition) is 3. The van der Waals surface area contributed by atoms with E-state index in [1.807, 2.05) is 30.3 Å². The SMILES string of the molecule is CCNC(=NCC1(CCO)CCCCC1)NCCOc1ccccc1. The fourth-order valence-corrected chi connectivity index (χ4v) is 3.47. The van der Waals surface area contributed by atoms with E-state index in [-0.39, 0.29) is 12.0 Å². The molecule has 0 bridgehead atoms. The van der Waals surface area contributed by atoms with E-state index < -0.39 is 0 Å². The first-order valence-corrected chi connectivity index (χ1v) is 9.59. The fraction of sp³-hybridized carbons (Fsp3) is 0.650. The maximum atomic E-state index is 9.44. The average molecular weight is 348 g/mol. The number of benzene rings is 1. The predicted molar refractivity (Wildman–Crippen MR) is 103 cm³/mol. The Hall–Kier alpha value is -1.75. The second kappa shape index (κ2) is 11.0. The van der Waals surface area contributed by atoms with Gasteiger partial charge < -0.3 is 20.5 Å². The summed E-state index contributed by atoms with van der Waals surface area (Å²) in [4.78, 5) is 4.80. The molecule has 0 heterocycles. The van der Waals surface area contributed by atoms with E-state index in [0.29, 0.717) is 13.2 Å². The van der Waals surface area contributed by atoms with E-state index in [2.05, 4.69) is 17.6 Å². The van der Waals surface area contributed by atoms with Crippen LogP contribution in [0.2, 0.25) is 0 Å². The van der Waals surface area contributed by atoms with Gasteiger partial charge in [-0.3, -0.25) is 4.99 Å². The predicted octanol–water partition coefficient (Wildman–Crippen LogP) is 2.95. The van der Waals surface area contributed by atoms with Gasteiger partial charge >= 0.3 is 0 Å². The Bertz CT molecular complexity index is 493. The number of aliphatic imine (C=N–C) groups is 1. The summed E-state index contributed by atoms with van der Waals surface area (Å²) in [5.41, 5.74) is 0.176. The number of para-hydroxylation sites is 1. The van der Waals surface area contributed by atoms with E-state index in [9.17, 15) is 5.11 Å². The third kappa shape index (κ3) is 6.94. The Morgan fingerprint density at radius 2 is 1.92 bits per heavy atom. The smallest absolute Gasteiger partial charge is 0.191 e. The van der Waals surface area contributed by atoms with Crippen LogP contribution in [-0.4, -0.2) is 43.9 Å². The number of rotatable bonds is 9.